The number of aromatic nitrogens is 2. The van der Waals surface area contributed by atoms with Crippen LogP contribution in [0.3, 0.4) is 0 Å². The largest absolute Gasteiger partial charge is 0 e. The summed E-state index contributed by atoms with van der Waals surface area (Å²) in [5.74, 6) is 6.50. The van der Waals surface area contributed by atoms with E-state index in [0.717, 1.165) is 28.1 Å². The third kappa shape index (κ3) is 7.82. The van der Waals surface area contributed by atoms with Crippen molar-refractivity contribution in [2.24, 2.45) is 0 Å². The molecule has 0 atom stereocenters. The van der Waals surface area contributed by atoms with Crippen molar-refractivity contribution < 1.29 is 21.5 Å². The molecule has 0 N–H and O–H groups in total. The van der Waals surface area contributed by atoms with Gasteiger partial charge in [0.1, 0.15) is 0 Å². The number of thiophene rings is 1. The molecule has 6 rings (SSSR count). The second kappa shape index (κ2) is 13.7. The van der Waals surface area contributed by atoms with E-state index >= 15 is 0 Å². The number of fused-ring (bicyclic) bond motifs is 3. The molecular weight excluding hydrogens is 797 g/mol. The van der Waals surface area contributed by atoms with Crippen LogP contribution >= 0.6 is 11.3 Å². The molecule has 0 saturated carbocycles. The molecule has 0 aliphatic carbocycles. The predicted octanol–water partition coefficient (Wildman–Crippen LogP) is 9.68. The SMILES string of the molecule is [2H]C(C)(C)c1ccnc(-c2[c-]ccc3c2sc2cc([Si](C)(C)C)ccc23)c1.[CH3][Ge]([CH3])([CH3])[c]1ccc(-c2[c-]cccc2)nc1.[Ir]. The summed E-state index contributed by atoms with van der Waals surface area (Å²) in [6.45, 7) is 11.0. The normalized spacial score (nSPS) is 12.3. The fourth-order valence-electron chi connectivity index (χ4n) is 4.83. The fourth-order valence-corrected chi connectivity index (χ4v) is 9.51. The second-order valence-electron chi connectivity index (χ2n) is 13.0. The van der Waals surface area contributed by atoms with Crippen molar-refractivity contribution in [3.63, 3.8) is 0 Å². The number of hydrogen-bond donors (Lipinski definition) is 0. The smallest absolute Gasteiger partial charge is 0 e. The van der Waals surface area contributed by atoms with Crippen LogP contribution in [-0.2, 0) is 20.1 Å². The van der Waals surface area contributed by atoms with Crippen LogP contribution in [0, 0.1) is 12.1 Å². The number of rotatable bonds is 5. The molecule has 223 valence electrons. The van der Waals surface area contributed by atoms with Crippen molar-refractivity contribution in [1.82, 2.24) is 9.97 Å². The fraction of sp³-hybridized carbons (Fsp3) is 0.243. The maximum Gasteiger partial charge on any atom is 0 e. The summed E-state index contributed by atoms with van der Waals surface area (Å²) in [6.07, 6.45) is 3.85. The van der Waals surface area contributed by atoms with Gasteiger partial charge in [0.15, 0.2) is 0 Å². The Balaban J connectivity index is 0.000000223. The zero-order valence-corrected chi connectivity index (χ0v) is 32.6. The molecule has 6 aromatic rings. The van der Waals surface area contributed by atoms with Crippen molar-refractivity contribution in [3.8, 4) is 22.5 Å². The number of pyridine rings is 2. The van der Waals surface area contributed by atoms with Crippen molar-refractivity contribution in [3.05, 3.63) is 109 Å². The molecular formula is C37H40GeIrN2SSi-2. The molecule has 1 radical (unpaired) electrons. The Kier molecular flexibility index (Phi) is 10.2. The van der Waals surface area contributed by atoms with Crippen molar-refractivity contribution >= 4 is 62.4 Å². The summed E-state index contributed by atoms with van der Waals surface area (Å²) in [5, 5.41) is 4.07. The summed E-state index contributed by atoms with van der Waals surface area (Å²) in [7, 11) is -1.34. The average molecular weight is 839 g/mol. The quantitative estimate of drug-likeness (QED) is 0.128. The Morgan fingerprint density at radius 1 is 0.837 bits per heavy atom. The zero-order chi connectivity index (χ0) is 31.0. The van der Waals surface area contributed by atoms with Crippen LogP contribution in [0.15, 0.2) is 91.3 Å². The summed E-state index contributed by atoms with van der Waals surface area (Å²) in [6, 6.07) is 34.0. The van der Waals surface area contributed by atoms with Gasteiger partial charge in [0.2, 0.25) is 0 Å². The Bertz CT molecular complexity index is 1870. The minimum atomic E-state index is -1.72. The van der Waals surface area contributed by atoms with E-state index in [1.54, 1.807) is 0 Å². The summed E-state index contributed by atoms with van der Waals surface area (Å²) >= 11 is 0.115. The molecule has 0 aliphatic heterocycles. The van der Waals surface area contributed by atoms with Gasteiger partial charge in [0.25, 0.3) is 0 Å². The average Bonchev–Trinajstić information content (AvgIpc) is 3.35. The summed E-state index contributed by atoms with van der Waals surface area (Å²) < 4.78 is 12.3. The first-order valence-electron chi connectivity index (χ1n) is 15.0. The molecule has 0 spiro atoms. The molecule has 2 nitrogen and oxygen atoms in total. The van der Waals surface area contributed by atoms with Gasteiger partial charge < -0.3 is 4.98 Å². The molecule has 0 saturated heterocycles. The van der Waals surface area contributed by atoms with Crippen LogP contribution in [0.5, 0.6) is 0 Å². The molecule has 0 aliphatic rings. The van der Waals surface area contributed by atoms with Gasteiger partial charge >= 0.3 is 99.8 Å². The third-order valence-electron chi connectivity index (χ3n) is 7.51. The Morgan fingerprint density at radius 3 is 2.26 bits per heavy atom. The van der Waals surface area contributed by atoms with Crippen LogP contribution in [0.4, 0.5) is 0 Å². The third-order valence-corrected chi connectivity index (χ3v) is 15.0. The summed E-state index contributed by atoms with van der Waals surface area (Å²) in [5.41, 5.74) is 4.98. The number of hydrogen-bond acceptors (Lipinski definition) is 3. The van der Waals surface area contributed by atoms with E-state index in [1.165, 1.54) is 29.8 Å². The zero-order valence-electron chi connectivity index (χ0n) is 27.3. The van der Waals surface area contributed by atoms with E-state index in [0.29, 0.717) is 0 Å². The Labute approximate surface area is 280 Å². The van der Waals surface area contributed by atoms with E-state index in [2.05, 4.69) is 95.4 Å². The van der Waals surface area contributed by atoms with E-state index in [9.17, 15) is 0 Å². The van der Waals surface area contributed by atoms with Gasteiger partial charge in [-0.3, -0.25) is 0 Å². The van der Waals surface area contributed by atoms with Crippen molar-refractivity contribution in [1.29, 1.82) is 0 Å². The van der Waals surface area contributed by atoms with E-state index in [1.807, 2.05) is 80.0 Å². The molecule has 3 aromatic heterocycles. The topological polar surface area (TPSA) is 25.8 Å². The van der Waals surface area contributed by atoms with Gasteiger partial charge in [0, 0.05) is 32.4 Å². The van der Waals surface area contributed by atoms with E-state index in [-0.39, 0.29) is 20.1 Å². The molecule has 6 heteroatoms. The van der Waals surface area contributed by atoms with Gasteiger partial charge in [-0.25, -0.2) is 0 Å². The molecule has 0 amide bonds. The summed E-state index contributed by atoms with van der Waals surface area (Å²) in [4.78, 5) is 9.13. The van der Waals surface area contributed by atoms with Crippen LogP contribution in [0.2, 0.25) is 36.9 Å². The minimum absolute atomic E-state index is 0. The van der Waals surface area contributed by atoms with E-state index < -0.39 is 27.2 Å². The van der Waals surface area contributed by atoms with Crippen molar-refractivity contribution in [2.45, 2.75) is 56.7 Å². The Morgan fingerprint density at radius 2 is 1.63 bits per heavy atom. The molecule has 0 unspecified atom stereocenters. The molecule has 0 fully saturated rings. The van der Waals surface area contributed by atoms with Gasteiger partial charge in [-0.05, 0) is 33.8 Å². The second-order valence-corrected chi connectivity index (χ2v) is 29.8. The van der Waals surface area contributed by atoms with Crippen LogP contribution in [0.25, 0.3) is 42.7 Å². The van der Waals surface area contributed by atoms with Crippen LogP contribution < -0.4 is 9.58 Å². The van der Waals surface area contributed by atoms with Crippen LogP contribution in [-0.4, -0.2) is 31.3 Å². The van der Waals surface area contributed by atoms with Gasteiger partial charge in [-0.15, -0.1) is 23.8 Å². The molecule has 0 bridgehead atoms. The van der Waals surface area contributed by atoms with Gasteiger partial charge in [-0.1, -0.05) is 67.8 Å². The molecule has 3 heterocycles. The van der Waals surface area contributed by atoms with Gasteiger partial charge in [-0.2, -0.15) is 11.3 Å². The maximum atomic E-state index is 8.33. The monoisotopic (exact) mass is 840 g/mol. The maximum absolute atomic E-state index is 8.33. The van der Waals surface area contributed by atoms with Gasteiger partial charge in [0.05, 0.1) is 8.07 Å². The molecule has 3 aromatic carbocycles. The minimum Gasteiger partial charge on any atom is 0 e. The number of nitrogens with zero attached hydrogens (tertiary/aromatic N) is 2. The van der Waals surface area contributed by atoms with Crippen molar-refractivity contribution in [2.75, 3.05) is 0 Å². The first-order valence-corrected chi connectivity index (χ1v) is 26.2. The predicted molar refractivity (Wildman–Crippen MR) is 190 cm³/mol. The Hall–Kier alpha value is -2.41. The first-order chi connectivity index (χ1) is 20.2. The molecule has 43 heavy (non-hydrogen) atoms. The van der Waals surface area contributed by atoms with E-state index in [4.69, 9.17) is 1.37 Å². The van der Waals surface area contributed by atoms with Crippen LogP contribution in [0.1, 0.15) is 26.7 Å². The number of benzene rings is 3. The standard InChI is InChI=1S/C23H24NSSi.C14H16GeN.Ir/c1-15(2)16-11-12-24-21(13-16)20-8-6-7-19-18-10-9-17(26(3,4)5)14-22(18)25-23(19)20;1-15(2,3)13-9-10-14(16-11-13)12-7-5-4-6-8-12;/h6-7,9-15H,1-5H3;4-7,9-11H,1-3H3;/q2*-1;/i15D;;. The first kappa shape index (κ1) is 32.0.